The molecule has 0 rings (SSSR count). The minimum absolute atomic E-state index is 0.625. The Morgan fingerprint density at radius 3 is 0.722 bits per heavy atom. The molecule has 0 amide bonds. The summed E-state index contributed by atoms with van der Waals surface area (Å²) in [6, 6.07) is 0. The smallest absolute Gasteiger partial charge is 0.0334 e. The summed E-state index contributed by atoms with van der Waals surface area (Å²) in [5.41, 5.74) is 0.625. The van der Waals surface area contributed by atoms with Crippen molar-refractivity contribution in [1.29, 1.82) is 0 Å². The van der Waals surface area contributed by atoms with E-state index in [-0.39, 0.29) is 0 Å². The summed E-state index contributed by atoms with van der Waals surface area (Å²) in [5, 5.41) is 0. The molecule has 0 atom stereocenters. The molecule has 0 saturated heterocycles. The maximum atomic E-state index is 2.35. The van der Waals surface area contributed by atoms with Gasteiger partial charge >= 0.3 is 0 Å². The van der Waals surface area contributed by atoms with Gasteiger partial charge < -0.3 is 0 Å². The molecule has 230 valence electrons. The molecule has 0 radical (unpaired) electrons. The first-order valence-electron chi connectivity index (χ1n) is 16.6. The number of hydrogen-bond acceptors (Lipinski definition) is 0. The average Bonchev–Trinajstić information content (AvgIpc) is 2.79. The fourth-order valence-electron chi connectivity index (χ4n) is 1.94. The Kier molecular flexibility index (Phi) is 70.1. The molecule has 0 saturated carbocycles. The van der Waals surface area contributed by atoms with Crippen LogP contribution in [0.15, 0.2) is 0 Å². The van der Waals surface area contributed by atoms with Gasteiger partial charge in [0.25, 0.3) is 0 Å². The van der Waals surface area contributed by atoms with Gasteiger partial charge in [-0.3, -0.25) is 0 Å². The normalized spacial score (nSPS) is 9.67. The fraction of sp³-hybridized carbons (Fsp3) is 1.00. The molecular weight excluding hydrogens is 432 g/mol. The van der Waals surface area contributed by atoms with Crippen molar-refractivity contribution in [2.75, 3.05) is 0 Å². The predicted octanol–water partition coefficient (Wildman–Crippen LogP) is 15.0. The van der Waals surface area contributed by atoms with Crippen molar-refractivity contribution in [1.82, 2.24) is 0 Å². The van der Waals surface area contributed by atoms with Crippen LogP contribution in [0.2, 0.25) is 0 Å². The lowest BCUT2D eigenvalue weighted by molar-refractivity contribution is 0.286. The minimum Gasteiger partial charge on any atom is -0.0656 e. The zero-order chi connectivity index (χ0) is 30.6. The fourth-order valence-corrected chi connectivity index (χ4v) is 1.94. The first-order valence-corrected chi connectivity index (χ1v) is 16.6. The molecule has 0 N–H and O–H groups in total. The summed E-state index contributed by atoms with van der Waals surface area (Å²) in [6.45, 7) is 44.3. The lowest BCUT2D eigenvalue weighted by Crippen LogP contribution is -2.10. The van der Waals surface area contributed by atoms with Crippen LogP contribution in [0.3, 0.4) is 0 Å². The third-order valence-electron chi connectivity index (χ3n) is 5.38. The second kappa shape index (κ2) is 48.1. The second-order valence-corrected chi connectivity index (χ2v) is 12.5. The minimum atomic E-state index is 0.625. The summed E-state index contributed by atoms with van der Waals surface area (Å²) in [6.07, 6.45) is 14.6. The molecule has 0 aromatic heterocycles. The molecule has 0 aliphatic heterocycles. The lowest BCUT2D eigenvalue weighted by Gasteiger charge is -2.23. The molecule has 0 aliphatic rings. The van der Waals surface area contributed by atoms with Gasteiger partial charge in [0.2, 0.25) is 0 Å². The summed E-state index contributed by atoms with van der Waals surface area (Å²) >= 11 is 0. The topological polar surface area (TPSA) is 0 Å². The van der Waals surface area contributed by atoms with Crippen LogP contribution in [-0.4, -0.2) is 0 Å². The SMILES string of the molecule is CC(C)C.CCC.CCC.CCC(C)(CC)CC.CCC(C)C.CCCC(C)C.CCCCC(C)C. The highest BCUT2D eigenvalue weighted by molar-refractivity contribution is 4.67. The molecular formula is C36H86. The van der Waals surface area contributed by atoms with E-state index in [9.17, 15) is 0 Å². The molecule has 0 aromatic rings. The molecule has 0 bridgehead atoms. The van der Waals surface area contributed by atoms with E-state index in [4.69, 9.17) is 0 Å². The highest BCUT2D eigenvalue weighted by Gasteiger charge is 2.15. The van der Waals surface area contributed by atoms with Crippen LogP contribution in [0.4, 0.5) is 0 Å². The summed E-state index contributed by atoms with van der Waals surface area (Å²) in [4.78, 5) is 0. The number of rotatable bonds is 9. The zero-order valence-electron chi connectivity index (χ0n) is 30.6. The molecule has 0 heteroatoms. The first kappa shape index (κ1) is 52.4. The summed E-state index contributed by atoms with van der Waals surface area (Å²) in [7, 11) is 0. The third kappa shape index (κ3) is 114. The van der Waals surface area contributed by atoms with Gasteiger partial charge in [-0.2, -0.15) is 0 Å². The van der Waals surface area contributed by atoms with Crippen molar-refractivity contribution >= 4 is 0 Å². The molecule has 0 nitrogen and oxygen atoms in total. The van der Waals surface area contributed by atoms with E-state index in [0.29, 0.717) is 5.41 Å². The van der Waals surface area contributed by atoms with Gasteiger partial charge in [0.15, 0.2) is 0 Å². The molecule has 0 fully saturated rings. The van der Waals surface area contributed by atoms with E-state index in [1.54, 1.807) is 0 Å². The molecule has 0 heterocycles. The first-order chi connectivity index (χ1) is 16.6. The van der Waals surface area contributed by atoms with E-state index in [1.165, 1.54) is 70.6 Å². The molecule has 0 aromatic carbocycles. The second-order valence-electron chi connectivity index (χ2n) is 12.5. The van der Waals surface area contributed by atoms with Crippen molar-refractivity contribution in [3.63, 3.8) is 0 Å². The molecule has 0 unspecified atom stereocenters. The Balaban J connectivity index is -0.0000000561. The largest absolute Gasteiger partial charge is 0.0656 e. The molecule has 0 aliphatic carbocycles. The van der Waals surface area contributed by atoms with E-state index >= 15 is 0 Å². The van der Waals surface area contributed by atoms with Crippen LogP contribution in [-0.2, 0) is 0 Å². The van der Waals surface area contributed by atoms with E-state index in [2.05, 4.69) is 138 Å². The van der Waals surface area contributed by atoms with Gasteiger partial charge in [-0.1, -0.05) is 209 Å². The van der Waals surface area contributed by atoms with Crippen molar-refractivity contribution in [3.05, 3.63) is 0 Å². The van der Waals surface area contributed by atoms with Gasteiger partial charge in [0.1, 0.15) is 0 Å². The number of unbranched alkanes of at least 4 members (excludes halogenated alkanes) is 1. The van der Waals surface area contributed by atoms with Crippen molar-refractivity contribution in [3.8, 4) is 0 Å². The van der Waals surface area contributed by atoms with Crippen LogP contribution >= 0.6 is 0 Å². The Morgan fingerprint density at radius 2 is 0.694 bits per heavy atom. The lowest BCUT2D eigenvalue weighted by atomic mass is 9.82. The van der Waals surface area contributed by atoms with Crippen molar-refractivity contribution in [2.45, 2.75) is 209 Å². The summed E-state index contributed by atoms with van der Waals surface area (Å²) < 4.78 is 0. The van der Waals surface area contributed by atoms with Crippen molar-refractivity contribution < 1.29 is 0 Å². The van der Waals surface area contributed by atoms with E-state index in [1.807, 2.05) is 0 Å². The summed E-state index contributed by atoms with van der Waals surface area (Å²) in [5.74, 6) is 3.52. The van der Waals surface area contributed by atoms with Gasteiger partial charge in [-0.15, -0.1) is 0 Å². The van der Waals surface area contributed by atoms with Gasteiger partial charge in [0.05, 0.1) is 0 Å². The van der Waals surface area contributed by atoms with Crippen molar-refractivity contribution in [2.24, 2.45) is 29.1 Å². The Hall–Kier alpha value is 0. The Labute approximate surface area is 238 Å². The van der Waals surface area contributed by atoms with Crippen LogP contribution in [0.1, 0.15) is 209 Å². The monoisotopic (exact) mass is 519 g/mol. The van der Waals surface area contributed by atoms with Crippen LogP contribution in [0.25, 0.3) is 0 Å². The average molecular weight is 519 g/mol. The Morgan fingerprint density at radius 1 is 0.444 bits per heavy atom. The van der Waals surface area contributed by atoms with Crippen LogP contribution in [0.5, 0.6) is 0 Å². The highest BCUT2D eigenvalue weighted by atomic mass is 14.2. The van der Waals surface area contributed by atoms with Gasteiger partial charge in [-0.25, -0.2) is 0 Å². The van der Waals surface area contributed by atoms with Crippen LogP contribution in [0, 0.1) is 29.1 Å². The van der Waals surface area contributed by atoms with E-state index < -0.39 is 0 Å². The third-order valence-corrected chi connectivity index (χ3v) is 5.38. The van der Waals surface area contributed by atoms with Gasteiger partial charge in [-0.05, 0) is 29.1 Å². The molecule has 0 spiro atoms. The zero-order valence-corrected chi connectivity index (χ0v) is 30.6. The highest BCUT2D eigenvalue weighted by Crippen LogP contribution is 2.28. The Bertz CT molecular complexity index is 255. The standard InChI is InChI=1S/C8H18.C7H16.C6H14.C5H12.C4H10.2C3H8/c1-5-8(4,6-2)7-3;1-4-5-6-7(2)3;1-4-5-6(2)3;1-4-5(2)3;1-4(2)3;2*1-3-2/h5-7H2,1-4H3;7H,4-6H2,1-3H3;6H,4-5H2,1-3H3;5H,4H2,1-3H3;4H,1-3H3;2*3H2,1-2H3. The van der Waals surface area contributed by atoms with Crippen LogP contribution < -0.4 is 0 Å². The van der Waals surface area contributed by atoms with E-state index in [0.717, 1.165) is 23.7 Å². The number of hydrogen-bond donors (Lipinski definition) is 0. The quantitative estimate of drug-likeness (QED) is 0.284. The predicted molar refractivity (Wildman–Crippen MR) is 181 cm³/mol. The maximum absolute atomic E-state index is 2.35. The maximum Gasteiger partial charge on any atom is -0.0334 e. The molecule has 36 heavy (non-hydrogen) atoms. The van der Waals surface area contributed by atoms with Gasteiger partial charge in [0, 0.05) is 0 Å².